The van der Waals surface area contributed by atoms with E-state index in [1.54, 1.807) is 0 Å². The predicted octanol–water partition coefficient (Wildman–Crippen LogP) is 0.883. The molecule has 7 heteroatoms. The molecule has 1 aromatic heterocycles. The molecule has 2 heterocycles. The highest BCUT2D eigenvalue weighted by Gasteiger charge is 2.25. The van der Waals surface area contributed by atoms with Crippen molar-refractivity contribution in [2.75, 3.05) is 23.4 Å². The number of anilines is 1. The summed E-state index contributed by atoms with van der Waals surface area (Å²) in [5, 5.41) is 6.90. The molecule has 0 radical (unpaired) electrons. The van der Waals surface area contributed by atoms with Crippen molar-refractivity contribution in [3.8, 4) is 0 Å². The maximum atomic E-state index is 12.0. The molecule has 1 aliphatic rings. The summed E-state index contributed by atoms with van der Waals surface area (Å²) in [5.41, 5.74) is 1.72. The minimum Gasteiger partial charge on any atom is -0.361 e. The standard InChI is InChI=1S/C14H17N3O3S/c18-14(8-12-9-21(19,20)6-5-15-12)17-11-1-2-13-10(7-11)3-4-16-13/h1-4,7,12,15-16H,5-6,8-9H2,(H,17,18). The number of hydrogen-bond donors (Lipinski definition) is 3. The van der Waals surface area contributed by atoms with E-state index in [-0.39, 0.29) is 29.9 Å². The largest absolute Gasteiger partial charge is 0.361 e. The number of aromatic amines is 1. The van der Waals surface area contributed by atoms with Crippen LogP contribution in [0.5, 0.6) is 0 Å². The van der Waals surface area contributed by atoms with Crippen molar-refractivity contribution < 1.29 is 13.2 Å². The number of aromatic nitrogens is 1. The summed E-state index contributed by atoms with van der Waals surface area (Å²) in [6, 6.07) is 7.23. The lowest BCUT2D eigenvalue weighted by molar-refractivity contribution is -0.116. The third-order valence-electron chi connectivity index (χ3n) is 3.57. The number of benzene rings is 1. The lowest BCUT2D eigenvalue weighted by Gasteiger charge is -2.23. The van der Waals surface area contributed by atoms with Crippen molar-refractivity contribution in [2.45, 2.75) is 12.5 Å². The van der Waals surface area contributed by atoms with Gasteiger partial charge in [-0.1, -0.05) is 0 Å². The minimum atomic E-state index is -3.02. The van der Waals surface area contributed by atoms with Gasteiger partial charge in [0.05, 0.1) is 11.5 Å². The molecule has 3 rings (SSSR count). The zero-order chi connectivity index (χ0) is 14.9. The SMILES string of the molecule is O=C(CC1CS(=O)(=O)CCN1)Nc1ccc2[nH]ccc2c1. The van der Waals surface area contributed by atoms with Gasteiger partial charge < -0.3 is 15.6 Å². The van der Waals surface area contributed by atoms with Gasteiger partial charge in [-0.15, -0.1) is 0 Å². The van der Waals surface area contributed by atoms with Crippen molar-refractivity contribution in [3.05, 3.63) is 30.5 Å². The van der Waals surface area contributed by atoms with Crippen LogP contribution in [-0.2, 0) is 14.6 Å². The highest BCUT2D eigenvalue weighted by Crippen LogP contribution is 2.18. The number of H-pyrrole nitrogens is 1. The Morgan fingerprint density at radius 3 is 3.00 bits per heavy atom. The highest BCUT2D eigenvalue weighted by atomic mass is 32.2. The first-order valence-electron chi connectivity index (χ1n) is 6.83. The van der Waals surface area contributed by atoms with E-state index in [9.17, 15) is 13.2 Å². The lowest BCUT2D eigenvalue weighted by Crippen LogP contribution is -2.46. The van der Waals surface area contributed by atoms with Crippen LogP contribution in [-0.4, -0.2) is 43.4 Å². The lowest BCUT2D eigenvalue weighted by atomic mass is 10.2. The van der Waals surface area contributed by atoms with E-state index < -0.39 is 9.84 Å². The molecule has 1 unspecified atom stereocenters. The molecule has 1 amide bonds. The highest BCUT2D eigenvalue weighted by molar-refractivity contribution is 7.91. The second-order valence-corrected chi connectivity index (χ2v) is 7.53. The average Bonchev–Trinajstić information content (AvgIpc) is 2.84. The topological polar surface area (TPSA) is 91.1 Å². The van der Waals surface area contributed by atoms with Crippen LogP contribution in [0.25, 0.3) is 10.9 Å². The Hall–Kier alpha value is -1.86. The van der Waals surface area contributed by atoms with E-state index in [2.05, 4.69) is 15.6 Å². The van der Waals surface area contributed by atoms with E-state index in [1.807, 2.05) is 30.5 Å². The van der Waals surface area contributed by atoms with Gasteiger partial charge in [-0.2, -0.15) is 0 Å². The van der Waals surface area contributed by atoms with E-state index in [4.69, 9.17) is 0 Å². The first kappa shape index (κ1) is 14.1. The monoisotopic (exact) mass is 307 g/mol. The summed E-state index contributed by atoms with van der Waals surface area (Å²) in [7, 11) is -3.02. The van der Waals surface area contributed by atoms with Crippen LogP contribution >= 0.6 is 0 Å². The smallest absolute Gasteiger partial charge is 0.225 e. The van der Waals surface area contributed by atoms with Crippen LogP contribution in [0.4, 0.5) is 5.69 Å². The van der Waals surface area contributed by atoms with Gasteiger partial charge >= 0.3 is 0 Å². The third-order valence-corrected chi connectivity index (χ3v) is 5.31. The fourth-order valence-electron chi connectivity index (χ4n) is 2.57. The number of hydrogen-bond acceptors (Lipinski definition) is 4. The van der Waals surface area contributed by atoms with Gasteiger partial charge in [0.2, 0.25) is 5.91 Å². The van der Waals surface area contributed by atoms with Gasteiger partial charge in [0.1, 0.15) is 0 Å². The van der Waals surface area contributed by atoms with Crippen LogP contribution in [0.2, 0.25) is 0 Å². The summed E-state index contributed by atoms with van der Waals surface area (Å²) >= 11 is 0. The second kappa shape index (κ2) is 5.50. The van der Waals surface area contributed by atoms with Crippen molar-refractivity contribution in [1.82, 2.24) is 10.3 Å². The van der Waals surface area contributed by atoms with Gasteiger partial charge in [-0.25, -0.2) is 8.42 Å². The first-order valence-corrected chi connectivity index (χ1v) is 8.65. The zero-order valence-corrected chi connectivity index (χ0v) is 12.2. The summed E-state index contributed by atoms with van der Waals surface area (Å²) in [4.78, 5) is 15.1. The fourth-order valence-corrected chi connectivity index (χ4v) is 4.01. The fraction of sp³-hybridized carbons (Fsp3) is 0.357. The number of carbonyl (C=O) groups excluding carboxylic acids is 1. The Morgan fingerprint density at radius 1 is 1.33 bits per heavy atom. The Kier molecular flexibility index (Phi) is 3.69. The van der Waals surface area contributed by atoms with Crippen molar-refractivity contribution in [3.63, 3.8) is 0 Å². The number of sulfone groups is 1. The van der Waals surface area contributed by atoms with Crippen molar-refractivity contribution in [2.24, 2.45) is 0 Å². The molecule has 21 heavy (non-hydrogen) atoms. The van der Waals surface area contributed by atoms with E-state index in [0.29, 0.717) is 12.2 Å². The predicted molar refractivity (Wildman–Crippen MR) is 82.0 cm³/mol. The Balaban J connectivity index is 1.63. The molecule has 1 aromatic carbocycles. The maximum absolute atomic E-state index is 12.0. The Labute approximate surface area is 122 Å². The molecule has 0 spiro atoms. The Bertz CT molecular complexity index is 767. The van der Waals surface area contributed by atoms with E-state index >= 15 is 0 Å². The van der Waals surface area contributed by atoms with Gasteiger partial charge in [-0.3, -0.25) is 4.79 Å². The van der Waals surface area contributed by atoms with Gasteiger partial charge in [0.15, 0.2) is 9.84 Å². The van der Waals surface area contributed by atoms with Crippen LogP contribution in [0, 0.1) is 0 Å². The molecule has 0 saturated carbocycles. The minimum absolute atomic E-state index is 0.0251. The molecule has 1 atom stereocenters. The molecular weight excluding hydrogens is 290 g/mol. The number of amides is 1. The summed E-state index contributed by atoms with van der Waals surface area (Å²) < 4.78 is 23.1. The zero-order valence-electron chi connectivity index (χ0n) is 11.4. The molecule has 112 valence electrons. The second-order valence-electron chi connectivity index (χ2n) is 5.30. The summed E-state index contributed by atoms with van der Waals surface area (Å²) in [5.74, 6) is -0.00788. The first-order chi connectivity index (χ1) is 10.0. The molecule has 6 nitrogen and oxygen atoms in total. The number of rotatable bonds is 3. The average molecular weight is 307 g/mol. The third kappa shape index (κ3) is 3.43. The van der Waals surface area contributed by atoms with Crippen LogP contribution in [0.3, 0.4) is 0 Å². The number of fused-ring (bicyclic) bond motifs is 1. The Morgan fingerprint density at radius 2 is 2.19 bits per heavy atom. The van der Waals surface area contributed by atoms with Gasteiger partial charge in [0, 0.05) is 41.8 Å². The van der Waals surface area contributed by atoms with Gasteiger partial charge in [0.25, 0.3) is 0 Å². The summed E-state index contributed by atoms with van der Waals surface area (Å²) in [6.07, 6.45) is 2.00. The van der Waals surface area contributed by atoms with Crippen molar-refractivity contribution in [1.29, 1.82) is 0 Å². The molecular formula is C14H17N3O3S. The maximum Gasteiger partial charge on any atom is 0.225 e. The van der Waals surface area contributed by atoms with Crippen LogP contribution in [0.15, 0.2) is 30.5 Å². The molecule has 0 bridgehead atoms. The molecule has 1 fully saturated rings. The van der Waals surface area contributed by atoms with Gasteiger partial charge in [-0.05, 0) is 24.3 Å². The van der Waals surface area contributed by atoms with E-state index in [1.165, 1.54) is 0 Å². The van der Waals surface area contributed by atoms with E-state index in [0.717, 1.165) is 10.9 Å². The molecule has 3 N–H and O–H groups in total. The molecule has 0 aliphatic carbocycles. The quantitative estimate of drug-likeness (QED) is 0.785. The number of nitrogens with one attached hydrogen (secondary N) is 3. The molecule has 1 aliphatic heterocycles. The van der Waals surface area contributed by atoms with Crippen molar-refractivity contribution >= 4 is 32.3 Å². The van der Waals surface area contributed by atoms with Crippen LogP contribution < -0.4 is 10.6 Å². The number of carbonyl (C=O) groups is 1. The summed E-state index contributed by atoms with van der Waals surface area (Å²) in [6.45, 7) is 0.412. The van der Waals surface area contributed by atoms with Crippen LogP contribution in [0.1, 0.15) is 6.42 Å². The molecule has 2 aromatic rings. The normalized spacial score (nSPS) is 21.2. The molecule has 1 saturated heterocycles.